The smallest absolute Gasteiger partial charge is 0.123 e. The van der Waals surface area contributed by atoms with Crippen molar-refractivity contribution in [2.75, 3.05) is 6.61 Å². The first-order valence-electron chi connectivity index (χ1n) is 8.36. The Morgan fingerprint density at radius 2 is 1.88 bits per heavy atom. The van der Waals surface area contributed by atoms with E-state index in [1.807, 2.05) is 24.3 Å². The highest BCUT2D eigenvalue weighted by Gasteiger charge is 2.10. The van der Waals surface area contributed by atoms with Gasteiger partial charge in [-0.1, -0.05) is 37.3 Å². The fourth-order valence-electron chi connectivity index (χ4n) is 2.97. The Kier molecular flexibility index (Phi) is 5.28. The number of aliphatic hydroxyl groups excluding tert-OH is 1. The molecule has 0 aliphatic carbocycles. The Balaban J connectivity index is 1.87. The minimum absolute atomic E-state index is 0.115. The van der Waals surface area contributed by atoms with Crippen LogP contribution in [0.15, 0.2) is 54.7 Å². The SMILES string of the molecule is CC[C@H](CO)NCc1cn(Cc2ccc(F)cc2)c2ccccc12. The Hall–Kier alpha value is -2.17. The average molecular weight is 326 g/mol. The highest BCUT2D eigenvalue weighted by Crippen LogP contribution is 2.22. The Morgan fingerprint density at radius 1 is 1.12 bits per heavy atom. The summed E-state index contributed by atoms with van der Waals surface area (Å²) >= 11 is 0. The van der Waals surface area contributed by atoms with Crippen molar-refractivity contribution in [3.05, 3.63) is 71.7 Å². The number of hydrogen-bond donors (Lipinski definition) is 2. The number of para-hydroxylation sites is 1. The highest BCUT2D eigenvalue weighted by atomic mass is 19.1. The molecule has 0 unspecified atom stereocenters. The van der Waals surface area contributed by atoms with E-state index in [0.717, 1.165) is 24.0 Å². The molecule has 0 saturated heterocycles. The molecule has 3 rings (SSSR count). The molecule has 0 fully saturated rings. The van der Waals surface area contributed by atoms with Gasteiger partial charge in [0.25, 0.3) is 0 Å². The number of aliphatic hydroxyl groups is 1. The Labute approximate surface area is 141 Å². The third kappa shape index (κ3) is 3.66. The van der Waals surface area contributed by atoms with Crippen LogP contribution in [-0.2, 0) is 13.1 Å². The Morgan fingerprint density at radius 3 is 2.58 bits per heavy atom. The van der Waals surface area contributed by atoms with E-state index in [1.54, 1.807) is 0 Å². The van der Waals surface area contributed by atoms with Crippen LogP contribution in [0.4, 0.5) is 4.39 Å². The van der Waals surface area contributed by atoms with Gasteiger partial charge in [0.2, 0.25) is 0 Å². The maximum atomic E-state index is 13.1. The lowest BCUT2D eigenvalue weighted by molar-refractivity contribution is 0.238. The summed E-state index contributed by atoms with van der Waals surface area (Å²) in [4.78, 5) is 0. The zero-order valence-corrected chi connectivity index (χ0v) is 13.9. The first-order valence-corrected chi connectivity index (χ1v) is 8.36. The van der Waals surface area contributed by atoms with Crippen molar-refractivity contribution in [1.82, 2.24) is 9.88 Å². The van der Waals surface area contributed by atoms with Gasteiger partial charge in [0.15, 0.2) is 0 Å². The van der Waals surface area contributed by atoms with Crippen molar-refractivity contribution in [3.63, 3.8) is 0 Å². The van der Waals surface area contributed by atoms with E-state index in [9.17, 15) is 9.50 Å². The maximum Gasteiger partial charge on any atom is 0.123 e. The monoisotopic (exact) mass is 326 g/mol. The number of hydrogen-bond acceptors (Lipinski definition) is 2. The van der Waals surface area contributed by atoms with E-state index >= 15 is 0 Å². The molecular weight excluding hydrogens is 303 g/mol. The lowest BCUT2D eigenvalue weighted by Gasteiger charge is -2.13. The summed E-state index contributed by atoms with van der Waals surface area (Å²) in [5.41, 5.74) is 3.44. The van der Waals surface area contributed by atoms with Gasteiger partial charge < -0.3 is 15.0 Å². The highest BCUT2D eigenvalue weighted by molar-refractivity contribution is 5.84. The van der Waals surface area contributed by atoms with Gasteiger partial charge in [0.05, 0.1) is 6.61 Å². The molecule has 0 saturated carbocycles. The van der Waals surface area contributed by atoms with E-state index in [0.29, 0.717) is 6.54 Å². The second kappa shape index (κ2) is 7.60. The molecular formula is C20H23FN2O. The van der Waals surface area contributed by atoms with Gasteiger partial charge in [-0.25, -0.2) is 4.39 Å². The van der Waals surface area contributed by atoms with Crippen LogP contribution in [0, 0.1) is 5.82 Å². The van der Waals surface area contributed by atoms with E-state index in [-0.39, 0.29) is 18.5 Å². The molecule has 1 aromatic heterocycles. The van der Waals surface area contributed by atoms with Gasteiger partial charge in [-0.15, -0.1) is 0 Å². The zero-order chi connectivity index (χ0) is 16.9. The molecule has 0 aliphatic heterocycles. The standard InChI is InChI=1S/C20H23FN2O/c1-2-18(14-24)22-11-16-13-23(20-6-4-3-5-19(16)20)12-15-7-9-17(21)10-8-15/h3-10,13,18,22,24H,2,11-12,14H2,1H3/t18-/m1/s1. The van der Waals surface area contributed by atoms with Crippen LogP contribution in [0.2, 0.25) is 0 Å². The van der Waals surface area contributed by atoms with Gasteiger partial charge in [-0.05, 0) is 35.7 Å². The molecule has 24 heavy (non-hydrogen) atoms. The molecule has 1 atom stereocenters. The van der Waals surface area contributed by atoms with E-state index in [1.165, 1.54) is 23.1 Å². The summed E-state index contributed by atoms with van der Waals surface area (Å²) < 4.78 is 15.3. The van der Waals surface area contributed by atoms with Crippen LogP contribution in [-0.4, -0.2) is 22.3 Å². The van der Waals surface area contributed by atoms with Crippen molar-refractivity contribution < 1.29 is 9.50 Å². The minimum Gasteiger partial charge on any atom is -0.395 e. The van der Waals surface area contributed by atoms with E-state index in [2.05, 4.69) is 35.1 Å². The van der Waals surface area contributed by atoms with Crippen molar-refractivity contribution >= 4 is 10.9 Å². The zero-order valence-electron chi connectivity index (χ0n) is 13.9. The molecule has 2 N–H and O–H groups in total. The summed E-state index contributed by atoms with van der Waals surface area (Å²) in [6, 6.07) is 15.0. The number of halogens is 1. The molecule has 1 heterocycles. The number of benzene rings is 2. The third-order valence-electron chi connectivity index (χ3n) is 4.43. The summed E-state index contributed by atoms with van der Waals surface area (Å²) in [5.74, 6) is -0.212. The molecule has 0 radical (unpaired) electrons. The molecule has 4 heteroatoms. The molecule has 0 spiro atoms. The number of nitrogens with one attached hydrogen (secondary N) is 1. The Bertz CT molecular complexity index is 791. The van der Waals surface area contributed by atoms with Gasteiger partial charge in [-0.2, -0.15) is 0 Å². The van der Waals surface area contributed by atoms with Gasteiger partial charge >= 0.3 is 0 Å². The fourth-order valence-corrected chi connectivity index (χ4v) is 2.97. The molecule has 2 aromatic carbocycles. The van der Waals surface area contributed by atoms with Crippen LogP contribution in [0.1, 0.15) is 24.5 Å². The summed E-state index contributed by atoms with van der Waals surface area (Å²) in [7, 11) is 0. The first kappa shape index (κ1) is 16.7. The van der Waals surface area contributed by atoms with Crippen LogP contribution in [0.5, 0.6) is 0 Å². The summed E-state index contributed by atoms with van der Waals surface area (Å²) in [5, 5.41) is 13.9. The largest absolute Gasteiger partial charge is 0.395 e. The third-order valence-corrected chi connectivity index (χ3v) is 4.43. The first-order chi connectivity index (χ1) is 11.7. The summed E-state index contributed by atoms with van der Waals surface area (Å²) in [6.07, 6.45) is 3.04. The quantitative estimate of drug-likeness (QED) is 0.695. The van der Waals surface area contributed by atoms with Crippen molar-refractivity contribution in [3.8, 4) is 0 Å². The fraction of sp³-hybridized carbons (Fsp3) is 0.300. The number of nitrogens with zero attached hydrogens (tertiary/aromatic N) is 1. The van der Waals surface area contributed by atoms with E-state index in [4.69, 9.17) is 0 Å². The van der Waals surface area contributed by atoms with Gasteiger partial charge in [0, 0.05) is 36.2 Å². The maximum absolute atomic E-state index is 13.1. The normalized spacial score (nSPS) is 12.6. The minimum atomic E-state index is -0.212. The van der Waals surface area contributed by atoms with Crippen LogP contribution in [0.3, 0.4) is 0 Å². The predicted octanol–water partition coefficient (Wildman–Crippen LogP) is 3.69. The molecule has 0 aliphatic rings. The van der Waals surface area contributed by atoms with Crippen molar-refractivity contribution in [2.24, 2.45) is 0 Å². The second-order valence-electron chi connectivity index (χ2n) is 6.09. The average Bonchev–Trinajstić information content (AvgIpc) is 2.96. The van der Waals surface area contributed by atoms with Crippen LogP contribution >= 0.6 is 0 Å². The van der Waals surface area contributed by atoms with Crippen molar-refractivity contribution in [1.29, 1.82) is 0 Å². The van der Waals surface area contributed by atoms with Crippen LogP contribution in [0.25, 0.3) is 10.9 Å². The van der Waals surface area contributed by atoms with Gasteiger partial charge in [0.1, 0.15) is 5.82 Å². The number of rotatable bonds is 7. The number of fused-ring (bicyclic) bond motifs is 1. The lowest BCUT2D eigenvalue weighted by atomic mass is 10.1. The molecule has 126 valence electrons. The van der Waals surface area contributed by atoms with E-state index < -0.39 is 0 Å². The second-order valence-corrected chi connectivity index (χ2v) is 6.09. The number of aromatic nitrogens is 1. The molecule has 0 amide bonds. The lowest BCUT2D eigenvalue weighted by Crippen LogP contribution is -2.31. The summed E-state index contributed by atoms with van der Waals surface area (Å²) in [6.45, 7) is 3.63. The van der Waals surface area contributed by atoms with Gasteiger partial charge in [-0.3, -0.25) is 0 Å². The van der Waals surface area contributed by atoms with Crippen molar-refractivity contribution in [2.45, 2.75) is 32.5 Å². The van der Waals surface area contributed by atoms with Crippen LogP contribution < -0.4 is 5.32 Å². The molecule has 3 nitrogen and oxygen atoms in total. The predicted molar refractivity (Wildman–Crippen MR) is 95.4 cm³/mol. The molecule has 3 aromatic rings. The topological polar surface area (TPSA) is 37.2 Å². The molecule has 0 bridgehead atoms.